The molecule has 2 rings (SSSR count). The lowest BCUT2D eigenvalue weighted by Gasteiger charge is -2.27. The van der Waals surface area contributed by atoms with Crippen LogP contribution in [0.25, 0.3) is 0 Å². The fourth-order valence-corrected chi connectivity index (χ4v) is 2.61. The zero-order chi connectivity index (χ0) is 14.6. The molecule has 1 heterocycles. The highest BCUT2D eigenvalue weighted by Gasteiger charge is 2.14. The fourth-order valence-electron chi connectivity index (χ4n) is 2.61. The Hall–Kier alpha value is -1.12. The lowest BCUT2D eigenvalue weighted by molar-refractivity contribution is 0.281. The lowest BCUT2D eigenvalue weighted by atomic mass is 10.0. The Morgan fingerprint density at radius 2 is 1.85 bits per heavy atom. The SMILES string of the molecule is CC1=CCCN(Cc2ccccc2CNC(C)(C)C)C1. The van der Waals surface area contributed by atoms with Crippen molar-refractivity contribution in [3.05, 3.63) is 47.0 Å². The summed E-state index contributed by atoms with van der Waals surface area (Å²) in [6.45, 7) is 13.2. The van der Waals surface area contributed by atoms with Crippen molar-refractivity contribution in [1.29, 1.82) is 0 Å². The molecule has 0 atom stereocenters. The van der Waals surface area contributed by atoms with Crippen molar-refractivity contribution in [2.45, 2.75) is 52.7 Å². The molecule has 1 aromatic carbocycles. The van der Waals surface area contributed by atoms with Crippen LogP contribution in [0.2, 0.25) is 0 Å². The minimum atomic E-state index is 0.164. The van der Waals surface area contributed by atoms with Gasteiger partial charge in [0.05, 0.1) is 0 Å². The van der Waals surface area contributed by atoms with Gasteiger partial charge in [-0.1, -0.05) is 35.9 Å². The summed E-state index contributed by atoms with van der Waals surface area (Å²) in [4.78, 5) is 2.55. The molecule has 110 valence electrons. The summed E-state index contributed by atoms with van der Waals surface area (Å²) in [7, 11) is 0. The van der Waals surface area contributed by atoms with Crippen LogP contribution in [0.4, 0.5) is 0 Å². The fraction of sp³-hybridized carbons (Fsp3) is 0.556. The first-order valence-corrected chi connectivity index (χ1v) is 7.64. The topological polar surface area (TPSA) is 15.3 Å². The van der Waals surface area contributed by atoms with Crippen LogP contribution in [0.1, 0.15) is 45.2 Å². The number of nitrogens with zero attached hydrogens (tertiary/aromatic N) is 1. The van der Waals surface area contributed by atoms with E-state index in [1.165, 1.54) is 29.7 Å². The number of hydrogen-bond donors (Lipinski definition) is 1. The van der Waals surface area contributed by atoms with Gasteiger partial charge >= 0.3 is 0 Å². The zero-order valence-corrected chi connectivity index (χ0v) is 13.4. The molecule has 0 saturated heterocycles. The Bertz CT molecular complexity index is 469. The minimum absolute atomic E-state index is 0.164. The highest BCUT2D eigenvalue weighted by atomic mass is 15.1. The Labute approximate surface area is 123 Å². The van der Waals surface area contributed by atoms with E-state index < -0.39 is 0 Å². The van der Waals surface area contributed by atoms with Crippen LogP contribution in [0, 0.1) is 0 Å². The van der Waals surface area contributed by atoms with Gasteiger partial charge in [-0.2, -0.15) is 0 Å². The summed E-state index contributed by atoms with van der Waals surface area (Å²) in [5, 5.41) is 3.59. The Kier molecular flexibility index (Phi) is 5.00. The first kappa shape index (κ1) is 15.3. The number of hydrogen-bond acceptors (Lipinski definition) is 2. The maximum atomic E-state index is 3.59. The highest BCUT2D eigenvalue weighted by molar-refractivity contribution is 5.27. The van der Waals surface area contributed by atoms with Crippen molar-refractivity contribution in [3.63, 3.8) is 0 Å². The second kappa shape index (κ2) is 6.55. The van der Waals surface area contributed by atoms with Gasteiger partial charge in [-0.3, -0.25) is 4.90 Å². The summed E-state index contributed by atoms with van der Waals surface area (Å²) in [6.07, 6.45) is 3.55. The molecule has 20 heavy (non-hydrogen) atoms. The molecule has 1 aliphatic heterocycles. The van der Waals surface area contributed by atoms with Crippen molar-refractivity contribution in [1.82, 2.24) is 10.2 Å². The summed E-state index contributed by atoms with van der Waals surface area (Å²) in [5.74, 6) is 0. The third-order valence-corrected chi connectivity index (χ3v) is 3.73. The third kappa shape index (κ3) is 4.77. The van der Waals surface area contributed by atoms with Gasteiger partial charge in [-0.25, -0.2) is 0 Å². The molecule has 0 spiro atoms. The minimum Gasteiger partial charge on any atom is -0.308 e. The van der Waals surface area contributed by atoms with Crippen LogP contribution in [-0.2, 0) is 13.1 Å². The average Bonchev–Trinajstić information content (AvgIpc) is 2.37. The molecule has 0 unspecified atom stereocenters. The predicted molar refractivity (Wildman–Crippen MR) is 86.7 cm³/mol. The van der Waals surface area contributed by atoms with Gasteiger partial charge in [0.2, 0.25) is 0 Å². The largest absolute Gasteiger partial charge is 0.308 e. The van der Waals surface area contributed by atoms with Gasteiger partial charge < -0.3 is 5.32 Å². The van der Waals surface area contributed by atoms with Crippen molar-refractivity contribution in [3.8, 4) is 0 Å². The summed E-state index contributed by atoms with van der Waals surface area (Å²) in [6, 6.07) is 8.82. The number of nitrogens with one attached hydrogen (secondary N) is 1. The molecule has 0 fully saturated rings. The molecule has 0 saturated carbocycles. The van der Waals surface area contributed by atoms with E-state index in [1.807, 2.05) is 0 Å². The van der Waals surface area contributed by atoms with E-state index in [9.17, 15) is 0 Å². The van der Waals surface area contributed by atoms with E-state index in [0.29, 0.717) is 0 Å². The maximum Gasteiger partial charge on any atom is 0.0240 e. The standard InChI is InChI=1S/C18H28N2/c1-15-8-7-11-20(13-15)14-17-10-6-5-9-16(17)12-19-18(2,3)4/h5-6,8-10,19H,7,11-14H2,1-4H3. The quantitative estimate of drug-likeness (QED) is 0.840. The molecule has 2 heteroatoms. The van der Waals surface area contributed by atoms with Gasteiger partial charge in [-0.15, -0.1) is 0 Å². The van der Waals surface area contributed by atoms with Crippen molar-refractivity contribution in [2.75, 3.05) is 13.1 Å². The molecular formula is C18H28N2. The smallest absolute Gasteiger partial charge is 0.0240 e. The van der Waals surface area contributed by atoms with Crippen molar-refractivity contribution < 1.29 is 0 Å². The summed E-state index contributed by atoms with van der Waals surface area (Å²) >= 11 is 0. The molecule has 1 aliphatic rings. The molecule has 0 bridgehead atoms. The first-order chi connectivity index (χ1) is 9.44. The summed E-state index contributed by atoms with van der Waals surface area (Å²) < 4.78 is 0. The molecular weight excluding hydrogens is 244 g/mol. The molecule has 1 N–H and O–H groups in total. The number of benzene rings is 1. The van der Waals surface area contributed by atoms with E-state index >= 15 is 0 Å². The maximum absolute atomic E-state index is 3.59. The Balaban J connectivity index is 2.02. The van der Waals surface area contributed by atoms with Crippen molar-refractivity contribution in [2.24, 2.45) is 0 Å². The highest BCUT2D eigenvalue weighted by Crippen LogP contribution is 2.16. The zero-order valence-electron chi connectivity index (χ0n) is 13.4. The lowest BCUT2D eigenvalue weighted by Crippen LogP contribution is -2.35. The van der Waals surface area contributed by atoms with Gasteiger partial charge in [0.25, 0.3) is 0 Å². The van der Waals surface area contributed by atoms with Crippen LogP contribution in [0.5, 0.6) is 0 Å². The van der Waals surface area contributed by atoms with Crippen LogP contribution in [0.15, 0.2) is 35.9 Å². The average molecular weight is 272 g/mol. The molecule has 2 nitrogen and oxygen atoms in total. The normalized spacial score (nSPS) is 17.1. The Morgan fingerprint density at radius 1 is 1.15 bits per heavy atom. The second-order valence-corrected chi connectivity index (χ2v) is 6.92. The molecule has 0 aromatic heterocycles. The van der Waals surface area contributed by atoms with Crippen LogP contribution in [-0.4, -0.2) is 23.5 Å². The molecule has 0 amide bonds. The van der Waals surface area contributed by atoms with Gasteiger partial charge in [0, 0.05) is 31.7 Å². The van der Waals surface area contributed by atoms with Crippen molar-refractivity contribution >= 4 is 0 Å². The monoisotopic (exact) mass is 272 g/mol. The van der Waals surface area contributed by atoms with Crippen LogP contribution in [0.3, 0.4) is 0 Å². The number of rotatable bonds is 4. The van der Waals surface area contributed by atoms with Crippen LogP contribution >= 0.6 is 0 Å². The van der Waals surface area contributed by atoms with E-state index in [1.54, 1.807) is 0 Å². The van der Waals surface area contributed by atoms with Gasteiger partial charge in [0.15, 0.2) is 0 Å². The first-order valence-electron chi connectivity index (χ1n) is 7.64. The molecule has 0 aliphatic carbocycles. The van der Waals surface area contributed by atoms with Gasteiger partial charge in [-0.05, 0) is 45.2 Å². The van der Waals surface area contributed by atoms with E-state index in [-0.39, 0.29) is 5.54 Å². The second-order valence-electron chi connectivity index (χ2n) is 6.92. The third-order valence-electron chi connectivity index (χ3n) is 3.73. The molecule has 0 radical (unpaired) electrons. The van der Waals surface area contributed by atoms with E-state index in [2.05, 4.69) is 68.3 Å². The van der Waals surface area contributed by atoms with Gasteiger partial charge in [0.1, 0.15) is 0 Å². The summed E-state index contributed by atoms with van der Waals surface area (Å²) in [5.41, 5.74) is 4.55. The Morgan fingerprint density at radius 3 is 2.50 bits per heavy atom. The van der Waals surface area contributed by atoms with E-state index in [0.717, 1.165) is 19.6 Å². The molecule has 1 aromatic rings. The van der Waals surface area contributed by atoms with Crippen LogP contribution < -0.4 is 5.32 Å². The predicted octanol–water partition coefficient (Wildman–Crippen LogP) is 3.73. The van der Waals surface area contributed by atoms with E-state index in [4.69, 9.17) is 0 Å².